The van der Waals surface area contributed by atoms with Gasteiger partial charge in [-0.3, -0.25) is 0 Å². The Hall–Kier alpha value is -3.12. The zero-order valence-electron chi connectivity index (χ0n) is 14.5. The van der Waals surface area contributed by atoms with E-state index in [0.29, 0.717) is 6.54 Å². The molecule has 4 rings (SSSR count). The van der Waals surface area contributed by atoms with E-state index in [1.807, 2.05) is 72.1 Å². The van der Waals surface area contributed by atoms with Gasteiger partial charge in [-0.25, -0.2) is 9.50 Å². The minimum Gasteiger partial charge on any atom is -0.491 e. The van der Waals surface area contributed by atoms with Crippen molar-refractivity contribution < 1.29 is 9.84 Å². The van der Waals surface area contributed by atoms with Crippen LogP contribution < -0.4 is 10.1 Å². The lowest BCUT2D eigenvalue weighted by atomic mass is 10.2. The average molecular weight is 348 g/mol. The molecule has 6 nitrogen and oxygen atoms in total. The lowest BCUT2D eigenvalue weighted by Crippen LogP contribution is -2.26. The molecule has 4 aromatic rings. The number of aliphatic hydroxyl groups excluding tert-OH is 1. The molecular weight excluding hydrogens is 328 g/mol. The topological polar surface area (TPSA) is 71.7 Å². The van der Waals surface area contributed by atoms with Crippen molar-refractivity contribution in [2.24, 2.45) is 0 Å². The maximum atomic E-state index is 10.2. The number of fused-ring (bicyclic) bond motifs is 3. The third-order valence-corrected chi connectivity index (χ3v) is 4.12. The number of rotatable bonds is 6. The summed E-state index contributed by atoms with van der Waals surface area (Å²) in [4.78, 5) is 4.65. The van der Waals surface area contributed by atoms with Crippen LogP contribution in [0.3, 0.4) is 0 Å². The highest BCUT2D eigenvalue weighted by molar-refractivity contribution is 5.91. The maximum absolute atomic E-state index is 10.2. The lowest BCUT2D eigenvalue weighted by Gasteiger charge is -2.15. The lowest BCUT2D eigenvalue weighted by molar-refractivity contribution is 0.117. The van der Waals surface area contributed by atoms with Crippen LogP contribution in [0.2, 0.25) is 0 Å². The van der Waals surface area contributed by atoms with Gasteiger partial charge in [0.2, 0.25) is 0 Å². The van der Waals surface area contributed by atoms with Crippen LogP contribution >= 0.6 is 0 Å². The van der Waals surface area contributed by atoms with Crippen LogP contribution in [0.4, 0.5) is 5.82 Å². The van der Waals surface area contributed by atoms with E-state index in [2.05, 4.69) is 15.4 Å². The summed E-state index contributed by atoms with van der Waals surface area (Å²) in [5.74, 6) is 1.47. The van der Waals surface area contributed by atoms with E-state index in [-0.39, 0.29) is 6.61 Å². The molecule has 132 valence electrons. The number of nitrogens with zero attached hydrogens (tertiary/aromatic N) is 3. The molecule has 1 atom stereocenters. The second-order valence-corrected chi connectivity index (χ2v) is 6.19. The van der Waals surface area contributed by atoms with E-state index >= 15 is 0 Å². The monoisotopic (exact) mass is 348 g/mol. The van der Waals surface area contributed by atoms with Crippen molar-refractivity contribution in [1.29, 1.82) is 0 Å². The van der Waals surface area contributed by atoms with Crippen LogP contribution in [0.1, 0.15) is 5.69 Å². The largest absolute Gasteiger partial charge is 0.491 e. The number of hydrogen-bond acceptors (Lipinski definition) is 5. The van der Waals surface area contributed by atoms with Crippen LogP contribution in [0.5, 0.6) is 5.75 Å². The second-order valence-electron chi connectivity index (χ2n) is 6.19. The summed E-state index contributed by atoms with van der Waals surface area (Å²) in [5.41, 5.74) is 2.66. The SMILES string of the molecule is Cc1cc2nc(NCC(O)COc3ccccc3)c3ccccc3n2n1. The Bertz CT molecular complexity index is 1030. The third-order valence-electron chi connectivity index (χ3n) is 4.12. The summed E-state index contributed by atoms with van der Waals surface area (Å²) in [6.07, 6.45) is -0.654. The molecule has 0 spiro atoms. The Balaban J connectivity index is 1.51. The Morgan fingerprint density at radius 3 is 2.73 bits per heavy atom. The molecule has 1 unspecified atom stereocenters. The molecule has 0 bridgehead atoms. The smallest absolute Gasteiger partial charge is 0.158 e. The molecule has 0 radical (unpaired) electrons. The van der Waals surface area contributed by atoms with Crippen LogP contribution in [0.25, 0.3) is 16.6 Å². The van der Waals surface area contributed by atoms with Gasteiger partial charge in [0.1, 0.15) is 24.3 Å². The van der Waals surface area contributed by atoms with Crippen molar-refractivity contribution in [2.45, 2.75) is 13.0 Å². The predicted octanol–water partition coefficient (Wildman–Crippen LogP) is 3.04. The Kier molecular flexibility index (Phi) is 4.41. The van der Waals surface area contributed by atoms with Crippen LogP contribution in [-0.4, -0.2) is 39.0 Å². The summed E-state index contributed by atoms with van der Waals surface area (Å²) < 4.78 is 7.43. The molecule has 0 saturated heterocycles. The fraction of sp³-hybridized carbons (Fsp3) is 0.200. The van der Waals surface area contributed by atoms with E-state index in [4.69, 9.17) is 4.74 Å². The predicted molar refractivity (Wildman–Crippen MR) is 102 cm³/mol. The maximum Gasteiger partial charge on any atom is 0.158 e. The van der Waals surface area contributed by atoms with Crippen molar-refractivity contribution in [3.8, 4) is 5.75 Å². The molecule has 0 saturated carbocycles. The molecule has 0 aliphatic carbocycles. The number of anilines is 1. The van der Waals surface area contributed by atoms with Crippen molar-refractivity contribution >= 4 is 22.4 Å². The quantitative estimate of drug-likeness (QED) is 0.560. The van der Waals surface area contributed by atoms with Crippen LogP contribution in [-0.2, 0) is 0 Å². The van der Waals surface area contributed by atoms with Gasteiger partial charge in [0.25, 0.3) is 0 Å². The second kappa shape index (κ2) is 7.01. The summed E-state index contributed by atoms with van der Waals surface area (Å²) in [6.45, 7) is 2.50. The number of para-hydroxylation sites is 2. The van der Waals surface area contributed by atoms with Crippen molar-refractivity contribution in [3.63, 3.8) is 0 Å². The van der Waals surface area contributed by atoms with Gasteiger partial charge in [0.05, 0.1) is 11.2 Å². The van der Waals surface area contributed by atoms with E-state index < -0.39 is 6.10 Å². The highest BCUT2D eigenvalue weighted by Gasteiger charge is 2.11. The summed E-state index contributed by atoms with van der Waals surface area (Å²) >= 11 is 0. The van der Waals surface area contributed by atoms with Gasteiger partial charge in [-0.2, -0.15) is 5.10 Å². The Labute approximate surface area is 151 Å². The minimum atomic E-state index is -0.654. The zero-order valence-corrected chi connectivity index (χ0v) is 14.5. The number of hydrogen-bond donors (Lipinski definition) is 2. The van der Waals surface area contributed by atoms with Crippen molar-refractivity contribution in [3.05, 3.63) is 66.4 Å². The molecule has 2 aromatic heterocycles. The minimum absolute atomic E-state index is 0.211. The Morgan fingerprint density at radius 1 is 1.12 bits per heavy atom. The zero-order chi connectivity index (χ0) is 17.9. The van der Waals surface area contributed by atoms with Crippen LogP contribution in [0, 0.1) is 6.92 Å². The molecule has 2 heterocycles. The molecule has 0 fully saturated rings. The first-order valence-electron chi connectivity index (χ1n) is 8.55. The highest BCUT2D eigenvalue weighted by atomic mass is 16.5. The molecule has 0 aliphatic heterocycles. The molecule has 6 heteroatoms. The number of aryl methyl sites for hydroxylation is 1. The third kappa shape index (κ3) is 3.32. The standard InChI is InChI=1S/C20H20N4O2/c1-14-11-19-22-20(17-9-5-6-10-18(17)24(19)23-14)21-12-15(25)13-26-16-7-3-2-4-8-16/h2-11,15,25H,12-13H2,1H3,(H,21,22). The van der Waals surface area contributed by atoms with Gasteiger partial charge in [0.15, 0.2) is 5.65 Å². The van der Waals surface area contributed by atoms with Crippen molar-refractivity contribution in [2.75, 3.05) is 18.5 Å². The van der Waals surface area contributed by atoms with Gasteiger partial charge in [0, 0.05) is 18.0 Å². The van der Waals surface area contributed by atoms with E-state index in [9.17, 15) is 5.11 Å². The Morgan fingerprint density at radius 2 is 1.88 bits per heavy atom. The number of nitrogens with one attached hydrogen (secondary N) is 1. The normalized spacial score (nSPS) is 12.4. The first-order valence-corrected chi connectivity index (χ1v) is 8.55. The van der Waals surface area contributed by atoms with Gasteiger partial charge in [-0.05, 0) is 31.2 Å². The molecule has 0 amide bonds. The van der Waals surface area contributed by atoms with Gasteiger partial charge in [-0.1, -0.05) is 30.3 Å². The highest BCUT2D eigenvalue weighted by Crippen LogP contribution is 2.23. The molecule has 26 heavy (non-hydrogen) atoms. The molecular formula is C20H20N4O2. The fourth-order valence-electron chi connectivity index (χ4n) is 2.89. The number of ether oxygens (including phenoxy) is 1. The van der Waals surface area contributed by atoms with Gasteiger partial charge >= 0.3 is 0 Å². The fourth-order valence-corrected chi connectivity index (χ4v) is 2.89. The number of benzene rings is 2. The van der Waals surface area contributed by atoms with Gasteiger partial charge in [-0.15, -0.1) is 0 Å². The molecule has 0 aliphatic rings. The van der Waals surface area contributed by atoms with E-state index in [0.717, 1.165) is 33.8 Å². The first kappa shape index (κ1) is 16.4. The van der Waals surface area contributed by atoms with E-state index in [1.165, 1.54) is 0 Å². The van der Waals surface area contributed by atoms with E-state index in [1.54, 1.807) is 0 Å². The number of aliphatic hydroxyl groups is 1. The summed E-state index contributed by atoms with van der Waals surface area (Å²) in [6, 6.07) is 19.3. The van der Waals surface area contributed by atoms with Crippen molar-refractivity contribution in [1.82, 2.24) is 14.6 Å². The molecule has 2 N–H and O–H groups in total. The molecule has 2 aromatic carbocycles. The first-order chi connectivity index (χ1) is 12.7. The summed E-state index contributed by atoms with van der Waals surface area (Å²) in [7, 11) is 0. The number of aromatic nitrogens is 3. The average Bonchev–Trinajstić information content (AvgIpc) is 3.05. The summed E-state index contributed by atoms with van der Waals surface area (Å²) in [5, 5.41) is 18.9. The van der Waals surface area contributed by atoms with Gasteiger partial charge < -0.3 is 15.2 Å². The van der Waals surface area contributed by atoms with Crippen LogP contribution in [0.15, 0.2) is 60.7 Å².